The van der Waals surface area contributed by atoms with E-state index in [1.807, 2.05) is 12.1 Å². The first kappa shape index (κ1) is 14.0. The summed E-state index contributed by atoms with van der Waals surface area (Å²) >= 11 is 6.01. The van der Waals surface area contributed by atoms with Crippen LogP contribution in [-0.4, -0.2) is 17.1 Å². The van der Waals surface area contributed by atoms with E-state index in [2.05, 4.69) is 35.9 Å². The van der Waals surface area contributed by atoms with Gasteiger partial charge in [0.05, 0.1) is 12.3 Å². The van der Waals surface area contributed by atoms with Crippen molar-refractivity contribution < 1.29 is 4.74 Å². The van der Waals surface area contributed by atoms with Gasteiger partial charge in [0.25, 0.3) is 0 Å². The van der Waals surface area contributed by atoms with Crippen molar-refractivity contribution in [1.82, 2.24) is 9.97 Å². The van der Waals surface area contributed by atoms with Crippen LogP contribution in [0, 0.1) is 0 Å². The summed E-state index contributed by atoms with van der Waals surface area (Å²) in [6.07, 6.45) is 0. The molecule has 2 rings (SSSR count). The van der Waals surface area contributed by atoms with E-state index in [4.69, 9.17) is 16.3 Å². The van der Waals surface area contributed by atoms with E-state index >= 15 is 0 Å². The molecule has 1 aromatic heterocycles. The molecule has 0 radical (unpaired) electrons. The minimum Gasteiger partial charge on any atom is -0.378 e. The van der Waals surface area contributed by atoms with Crippen LogP contribution in [0.15, 0.2) is 30.3 Å². The molecule has 0 aliphatic rings. The molecule has 3 nitrogen and oxygen atoms in total. The number of benzene rings is 1. The zero-order valence-electron chi connectivity index (χ0n) is 11.4. The minimum absolute atomic E-state index is 0.430. The van der Waals surface area contributed by atoms with Crippen molar-refractivity contribution >= 4 is 11.6 Å². The first-order valence-corrected chi connectivity index (χ1v) is 6.60. The fourth-order valence-corrected chi connectivity index (χ4v) is 2.04. The van der Waals surface area contributed by atoms with Gasteiger partial charge in [0, 0.05) is 12.7 Å². The molecule has 0 aliphatic heterocycles. The molecule has 0 amide bonds. The Morgan fingerprint density at radius 3 is 2.42 bits per heavy atom. The van der Waals surface area contributed by atoms with Crippen molar-refractivity contribution in [2.45, 2.75) is 26.4 Å². The molecule has 0 spiro atoms. The van der Waals surface area contributed by atoms with Crippen LogP contribution in [0.2, 0.25) is 5.15 Å². The Morgan fingerprint density at radius 1 is 1.16 bits per heavy atom. The molecule has 0 N–H and O–H groups in total. The Hall–Kier alpha value is -1.45. The Kier molecular flexibility index (Phi) is 4.51. The van der Waals surface area contributed by atoms with Crippen molar-refractivity contribution in [3.05, 3.63) is 46.7 Å². The van der Waals surface area contributed by atoms with Crippen molar-refractivity contribution in [2.24, 2.45) is 0 Å². The summed E-state index contributed by atoms with van der Waals surface area (Å²) in [7, 11) is 1.63. The Bertz CT molecular complexity index is 553. The van der Waals surface area contributed by atoms with Crippen molar-refractivity contribution in [3.63, 3.8) is 0 Å². The molecule has 2 aromatic rings. The van der Waals surface area contributed by atoms with Gasteiger partial charge in [-0.15, -0.1) is 0 Å². The molecule has 1 heterocycles. The molecular weight excluding hydrogens is 260 g/mol. The number of ether oxygens (including phenoxy) is 1. The van der Waals surface area contributed by atoms with Crippen LogP contribution in [0.3, 0.4) is 0 Å². The second kappa shape index (κ2) is 6.13. The third kappa shape index (κ3) is 3.52. The number of halogens is 1. The average Bonchev–Trinajstić information content (AvgIpc) is 2.38. The van der Waals surface area contributed by atoms with Crippen LogP contribution < -0.4 is 0 Å². The van der Waals surface area contributed by atoms with Crippen molar-refractivity contribution in [2.75, 3.05) is 7.11 Å². The van der Waals surface area contributed by atoms with Crippen molar-refractivity contribution in [1.29, 1.82) is 0 Å². The van der Waals surface area contributed by atoms with Crippen LogP contribution in [0.25, 0.3) is 11.4 Å². The highest BCUT2D eigenvalue weighted by atomic mass is 35.5. The van der Waals surface area contributed by atoms with E-state index in [0.717, 1.165) is 11.3 Å². The number of hydrogen-bond acceptors (Lipinski definition) is 3. The highest BCUT2D eigenvalue weighted by molar-refractivity contribution is 6.29. The maximum absolute atomic E-state index is 6.01. The molecule has 0 unspecified atom stereocenters. The van der Waals surface area contributed by atoms with Crippen LogP contribution in [-0.2, 0) is 11.3 Å². The molecular formula is C15H17ClN2O. The van der Waals surface area contributed by atoms with Gasteiger partial charge in [0.2, 0.25) is 0 Å². The fraction of sp³-hybridized carbons (Fsp3) is 0.333. The third-order valence-corrected chi connectivity index (χ3v) is 3.07. The lowest BCUT2D eigenvalue weighted by molar-refractivity contribution is 0.181. The van der Waals surface area contributed by atoms with E-state index in [0.29, 0.717) is 23.5 Å². The lowest BCUT2D eigenvalue weighted by Crippen LogP contribution is -1.98. The predicted octanol–water partition coefficient (Wildman–Crippen LogP) is 4.07. The molecule has 0 saturated heterocycles. The zero-order chi connectivity index (χ0) is 13.8. The SMILES string of the molecule is COCc1cc(Cl)nc(-c2ccc(C(C)C)cc2)n1. The number of methoxy groups -OCH3 is 1. The van der Waals surface area contributed by atoms with Gasteiger partial charge in [-0.05, 0) is 17.5 Å². The molecule has 0 saturated carbocycles. The van der Waals surface area contributed by atoms with Crippen molar-refractivity contribution in [3.8, 4) is 11.4 Å². The van der Waals surface area contributed by atoms with Gasteiger partial charge in [-0.3, -0.25) is 0 Å². The Morgan fingerprint density at radius 2 is 1.84 bits per heavy atom. The van der Waals surface area contributed by atoms with E-state index in [9.17, 15) is 0 Å². The van der Waals surface area contributed by atoms with Crippen LogP contribution in [0.4, 0.5) is 0 Å². The fourth-order valence-electron chi connectivity index (χ4n) is 1.83. The summed E-state index contributed by atoms with van der Waals surface area (Å²) in [6.45, 7) is 4.77. The maximum Gasteiger partial charge on any atom is 0.161 e. The highest BCUT2D eigenvalue weighted by Gasteiger charge is 2.07. The molecule has 0 atom stereocenters. The van der Waals surface area contributed by atoms with E-state index in [-0.39, 0.29) is 0 Å². The van der Waals surface area contributed by atoms with Crippen LogP contribution >= 0.6 is 11.6 Å². The predicted molar refractivity (Wildman–Crippen MR) is 77.3 cm³/mol. The Labute approximate surface area is 118 Å². The van der Waals surface area contributed by atoms with Gasteiger partial charge < -0.3 is 4.74 Å². The maximum atomic E-state index is 6.01. The number of aromatic nitrogens is 2. The van der Waals surface area contributed by atoms with Gasteiger partial charge in [0.15, 0.2) is 5.82 Å². The van der Waals surface area contributed by atoms with Crippen LogP contribution in [0.1, 0.15) is 31.0 Å². The lowest BCUT2D eigenvalue weighted by Gasteiger charge is -2.07. The first-order valence-electron chi connectivity index (χ1n) is 6.23. The van der Waals surface area contributed by atoms with E-state index < -0.39 is 0 Å². The van der Waals surface area contributed by atoms with Gasteiger partial charge in [-0.2, -0.15) is 0 Å². The number of hydrogen-bond donors (Lipinski definition) is 0. The smallest absolute Gasteiger partial charge is 0.161 e. The second-order valence-corrected chi connectivity index (χ2v) is 5.10. The summed E-state index contributed by atoms with van der Waals surface area (Å²) in [5.74, 6) is 1.15. The largest absolute Gasteiger partial charge is 0.378 e. The standard InChI is InChI=1S/C15H17ClN2O/c1-10(2)11-4-6-12(7-5-11)15-17-13(9-19-3)8-14(16)18-15/h4-8,10H,9H2,1-3H3. The molecule has 19 heavy (non-hydrogen) atoms. The summed E-state index contributed by atoms with van der Waals surface area (Å²) < 4.78 is 5.08. The quantitative estimate of drug-likeness (QED) is 0.790. The Balaban J connectivity index is 2.35. The highest BCUT2D eigenvalue weighted by Crippen LogP contribution is 2.21. The minimum atomic E-state index is 0.430. The van der Waals surface area contributed by atoms with E-state index in [1.54, 1.807) is 13.2 Å². The summed E-state index contributed by atoms with van der Waals surface area (Å²) in [4.78, 5) is 8.71. The zero-order valence-corrected chi connectivity index (χ0v) is 12.1. The van der Waals surface area contributed by atoms with E-state index in [1.165, 1.54) is 5.56 Å². The summed E-state index contributed by atoms with van der Waals surface area (Å²) in [5.41, 5.74) is 3.04. The first-order chi connectivity index (χ1) is 9.10. The molecule has 4 heteroatoms. The molecule has 100 valence electrons. The average molecular weight is 277 g/mol. The summed E-state index contributed by atoms with van der Waals surface area (Å²) in [5, 5.41) is 0.435. The number of nitrogens with zero attached hydrogens (tertiary/aromatic N) is 2. The van der Waals surface area contributed by atoms with Gasteiger partial charge in [-0.1, -0.05) is 49.7 Å². The topological polar surface area (TPSA) is 35.0 Å². The molecule has 0 aliphatic carbocycles. The molecule has 1 aromatic carbocycles. The number of rotatable bonds is 4. The third-order valence-electron chi connectivity index (χ3n) is 2.88. The summed E-state index contributed by atoms with van der Waals surface area (Å²) in [6, 6.07) is 9.96. The second-order valence-electron chi connectivity index (χ2n) is 4.72. The monoisotopic (exact) mass is 276 g/mol. The normalized spacial score (nSPS) is 11.0. The van der Waals surface area contributed by atoms with Gasteiger partial charge in [0.1, 0.15) is 5.15 Å². The van der Waals surface area contributed by atoms with Crippen LogP contribution in [0.5, 0.6) is 0 Å². The molecule has 0 bridgehead atoms. The van der Waals surface area contributed by atoms with Gasteiger partial charge in [-0.25, -0.2) is 9.97 Å². The lowest BCUT2D eigenvalue weighted by atomic mass is 10.0. The molecule has 0 fully saturated rings. The van der Waals surface area contributed by atoms with Gasteiger partial charge >= 0.3 is 0 Å².